The topological polar surface area (TPSA) is 58.6 Å². The molecule has 2 unspecified atom stereocenters. The Balaban J connectivity index is 1.69. The van der Waals surface area contributed by atoms with Crippen molar-refractivity contribution in [1.29, 1.82) is 0 Å². The largest absolute Gasteiger partial charge is 0.492 e. The van der Waals surface area contributed by atoms with Crippen LogP contribution in [0.25, 0.3) is 0 Å². The van der Waals surface area contributed by atoms with Crippen molar-refractivity contribution in [2.24, 2.45) is 5.92 Å². The summed E-state index contributed by atoms with van der Waals surface area (Å²) in [5, 5.41) is 12.3. The van der Waals surface area contributed by atoms with E-state index in [0.717, 1.165) is 12.5 Å². The Morgan fingerprint density at radius 3 is 2.68 bits per heavy atom. The van der Waals surface area contributed by atoms with Gasteiger partial charge in [-0.2, -0.15) is 0 Å². The molecule has 1 aromatic rings. The van der Waals surface area contributed by atoms with Gasteiger partial charge in [-0.15, -0.1) is 0 Å². The van der Waals surface area contributed by atoms with Gasteiger partial charge in [0.1, 0.15) is 12.4 Å². The molecule has 19 heavy (non-hydrogen) atoms. The molecule has 4 heteroatoms. The Labute approximate surface area is 113 Å². The van der Waals surface area contributed by atoms with Crippen molar-refractivity contribution < 1.29 is 14.6 Å². The number of hydrogen-bond acceptors (Lipinski definition) is 3. The van der Waals surface area contributed by atoms with Gasteiger partial charge >= 0.3 is 5.97 Å². The van der Waals surface area contributed by atoms with E-state index in [9.17, 15) is 4.79 Å². The van der Waals surface area contributed by atoms with Crippen LogP contribution in [0.15, 0.2) is 24.3 Å². The zero-order valence-corrected chi connectivity index (χ0v) is 11.3. The lowest BCUT2D eigenvalue weighted by atomic mass is 10.1. The van der Waals surface area contributed by atoms with Crippen LogP contribution in [0.3, 0.4) is 0 Å². The first kappa shape index (κ1) is 13.9. The van der Waals surface area contributed by atoms with E-state index < -0.39 is 5.97 Å². The summed E-state index contributed by atoms with van der Waals surface area (Å²) in [6.07, 6.45) is 3.89. The third kappa shape index (κ3) is 3.96. The fourth-order valence-corrected chi connectivity index (χ4v) is 2.56. The molecule has 0 radical (unpaired) electrons. The maximum absolute atomic E-state index is 10.7. The molecule has 1 aromatic carbocycles. The molecular weight excluding hydrogens is 242 g/mol. The Morgan fingerprint density at radius 1 is 1.37 bits per heavy atom. The molecule has 0 bridgehead atoms. The third-order valence-electron chi connectivity index (χ3n) is 3.74. The fourth-order valence-electron chi connectivity index (χ4n) is 2.56. The normalized spacial score (nSPS) is 22.4. The molecule has 0 aromatic heterocycles. The first-order chi connectivity index (χ1) is 9.16. The number of carboxylic acid groups (broad SMARTS) is 1. The first-order valence-corrected chi connectivity index (χ1v) is 6.86. The SMILES string of the molecule is CC1CCCC1NCCOc1ccc(C(=O)O)cc1. The van der Waals surface area contributed by atoms with E-state index in [-0.39, 0.29) is 5.56 Å². The number of benzene rings is 1. The van der Waals surface area contributed by atoms with E-state index >= 15 is 0 Å². The van der Waals surface area contributed by atoms with E-state index in [4.69, 9.17) is 9.84 Å². The first-order valence-electron chi connectivity index (χ1n) is 6.86. The van der Waals surface area contributed by atoms with Crippen LogP contribution in [0.5, 0.6) is 5.75 Å². The number of nitrogens with one attached hydrogen (secondary N) is 1. The van der Waals surface area contributed by atoms with Gasteiger partial charge in [0.15, 0.2) is 0 Å². The van der Waals surface area contributed by atoms with Gasteiger partial charge in [-0.3, -0.25) is 0 Å². The summed E-state index contributed by atoms with van der Waals surface area (Å²) in [6, 6.07) is 7.13. The number of rotatable bonds is 6. The van der Waals surface area contributed by atoms with Crippen LogP contribution in [0.2, 0.25) is 0 Å². The minimum atomic E-state index is -0.913. The Hall–Kier alpha value is -1.55. The number of carbonyl (C=O) groups is 1. The maximum atomic E-state index is 10.7. The average Bonchev–Trinajstić information content (AvgIpc) is 2.81. The van der Waals surface area contributed by atoms with Crippen molar-refractivity contribution in [1.82, 2.24) is 5.32 Å². The van der Waals surface area contributed by atoms with Gasteiger partial charge < -0.3 is 15.2 Å². The van der Waals surface area contributed by atoms with Crippen molar-refractivity contribution in [3.63, 3.8) is 0 Å². The summed E-state index contributed by atoms with van der Waals surface area (Å²) >= 11 is 0. The molecule has 104 valence electrons. The quantitative estimate of drug-likeness (QED) is 0.774. The molecule has 1 saturated carbocycles. The van der Waals surface area contributed by atoms with E-state index in [0.29, 0.717) is 18.4 Å². The molecular formula is C15H21NO3. The van der Waals surface area contributed by atoms with Crippen molar-refractivity contribution in [2.45, 2.75) is 32.2 Å². The van der Waals surface area contributed by atoms with Crippen LogP contribution < -0.4 is 10.1 Å². The Kier molecular flexibility index (Phi) is 4.80. The molecule has 0 saturated heterocycles. The third-order valence-corrected chi connectivity index (χ3v) is 3.74. The van der Waals surface area contributed by atoms with Gasteiger partial charge in [0.05, 0.1) is 5.56 Å². The highest BCUT2D eigenvalue weighted by molar-refractivity contribution is 5.87. The molecule has 1 aliphatic carbocycles. The fraction of sp³-hybridized carbons (Fsp3) is 0.533. The van der Waals surface area contributed by atoms with E-state index in [1.165, 1.54) is 19.3 Å². The van der Waals surface area contributed by atoms with Gasteiger partial charge in [-0.25, -0.2) is 4.79 Å². The smallest absolute Gasteiger partial charge is 0.335 e. The Morgan fingerprint density at radius 2 is 2.11 bits per heavy atom. The van der Waals surface area contributed by atoms with Gasteiger partial charge in [0, 0.05) is 12.6 Å². The molecule has 4 nitrogen and oxygen atoms in total. The minimum Gasteiger partial charge on any atom is -0.492 e. The van der Waals surface area contributed by atoms with Crippen LogP contribution in [0.1, 0.15) is 36.5 Å². The summed E-state index contributed by atoms with van der Waals surface area (Å²) in [7, 11) is 0. The number of hydrogen-bond donors (Lipinski definition) is 2. The zero-order valence-electron chi connectivity index (χ0n) is 11.3. The van der Waals surface area contributed by atoms with Crippen LogP contribution in [0, 0.1) is 5.92 Å². The summed E-state index contributed by atoms with van der Waals surface area (Å²) < 4.78 is 5.58. The van der Waals surface area contributed by atoms with Crippen LogP contribution >= 0.6 is 0 Å². The minimum absolute atomic E-state index is 0.283. The van der Waals surface area contributed by atoms with E-state index in [1.807, 2.05) is 0 Å². The van der Waals surface area contributed by atoms with E-state index in [2.05, 4.69) is 12.2 Å². The van der Waals surface area contributed by atoms with Crippen molar-refractivity contribution in [3.05, 3.63) is 29.8 Å². The molecule has 0 aliphatic heterocycles. The predicted octanol–water partition coefficient (Wildman–Crippen LogP) is 2.54. The van der Waals surface area contributed by atoms with Crippen molar-refractivity contribution in [2.75, 3.05) is 13.2 Å². The molecule has 2 N–H and O–H groups in total. The lowest BCUT2D eigenvalue weighted by molar-refractivity contribution is 0.0697. The molecule has 0 heterocycles. The summed E-state index contributed by atoms with van der Waals surface area (Å²) in [6.45, 7) is 3.72. The summed E-state index contributed by atoms with van der Waals surface area (Å²) in [5.41, 5.74) is 0.283. The number of aromatic carboxylic acids is 1. The maximum Gasteiger partial charge on any atom is 0.335 e. The molecule has 1 fully saturated rings. The molecule has 1 aliphatic rings. The van der Waals surface area contributed by atoms with Gasteiger partial charge in [-0.1, -0.05) is 13.3 Å². The monoisotopic (exact) mass is 263 g/mol. The molecule has 0 amide bonds. The van der Waals surface area contributed by atoms with Crippen LogP contribution in [-0.2, 0) is 0 Å². The highest BCUT2D eigenvalue weighted by atomic mass is 16.5. The zero-order chi connectivity index (χ0) is 13.7. The van der Waals surface area contributed by atoms with Gasteiger partial charge in [0.25, 0.3) is 0 Å². The second-order valence-corrected chi connectivity index (χ2v) is 5.15. The van der Waals surface area contributed by atoms with Crippen molar-refractivity contribution in [3.8, 4) is 5.75 Å². The average molecular weight is 263 g/mol. The van der Waals surface area contributed by atoms with Gasteiger partial charge in [0.2, 0.25) is 0 Å². The highest BCUT2D eigenvalue weighted by Gasteiger charge is 2.22. The Bertz CT molecular complexity index is 416. The van der Waals surface area contributed by atoms with Crippen LogP contribution in [0.4, 0.5) is 0 Å². The number of ether oxygens (including phenoxy) is 1. The summed E-state index contributed by atoms with van der Waals surface area (Å²) in [5.74, 6) is 0.560. The second-order valence-electron chi connectivity index (χ2n) is 5.15. The lowest BCUT2D eigenvalue weighted by Crippen LogP contribution is -2.34. The van der Waals surface area contributed by atoms with E-state index in [1.54, 1.807) is 24.3 Å². The predicted molar refractivity (Wildman–Crippen MR) is 73.7 cm³/mol. The molecule has 0 spiro atoms. The number of carboxylic acids is 1. The molecule has 2 rings (SSSR count). The lowest BCUT2D eigenvalue weighted by Gasteiger charge is -2.17. The van der Waals surface area contributed by atoms with Gasteiger partial charge in [-0.05, 0) is 43.0 Å². The molecule has 2 atom stereocenters. The highest BCUT2D eigenvalue weighted by Crippen LogP contribution is 2.24. The van der Waals surface area contributed by atoms with Crippen molar-refractivity contribution >= 4 is 5.97 Å². The standard InChI is InChI=1S/C15H21NO3/c1-11-3-2-4-14(11)16-9-10-19-13-7-5-12(6-8-13)15(17)18/h5-8,11,14,16H,2-4,9-10H2,1H3,(H,17,18). The summed E-state index contributed by atoms with van der Waals surface area (Å²) in [4.78, 5) is 10.7. The van der Waals surface area contributed by atoms with Crippen LogP contribution in [-0.4, -0.2) is 30.3 Å². The second kappa shape index (κ2) is 6.57.